The number of likely N-dealkylation sites (N-methyl/N-ethyl adjacent to an activating group) is 1. The molecule has 1 aliphatic rings. The second-order valence-electron chi connectivity index (χ2n) is 3.66. The van der Waals surface area contributed by atoms with E-state index in [-0.39, 0.29) is 0 Å². The van der Waals surface area contributed by atoms with E-state index in [1.54, 1.807) is 6.20 Å². The molecule has 2 heterocycles. The van der Waals surface area contributed by atoms with E-state index in [0.717, 1.165) is 6.54 Å². The summed E-state index contributed by atoms with van der Waals surface area (Å²) < 4.78 is 0. The molecule has 0 saturated carbocycles. The fourth-order valence-corrected chi connectivity index (χ4v) is 1.59. The molecule has 1 aromatic rings. The molecule has 0 bridgehead atoms. The second kappa shape index (κ2) is 3.85. The highest BCUT2D eigenvalue weighted by molar-refractivity contribution is 5.08. The van der Waals surface area contributed by atoms with Gasteiger partial charge >= 0.3 is 0 Å². The van der Waals surface area contributed by atoms with Crippen LogP contribution in [0.15, 0.2) is 24.5 Å². The van der Waals surface area contributed by atoms with Crippen LogP contribution in [-0.4, -0.2) is 36.1 Å². The van der Waals surface area contributed by atoms with E-state index in [0.29, 0.717) is 6.04 Å². The van der Waals surface area contributed by atoms with Gasteiger partial charge in [0, 0.05) is 38.1 Å². The summed E-state index contributed by atoms with van der Waals surface area (Å²) in [5, 5.41) is 3.48. The number of nitrogens with zero attached hydrogens (tertiary/aromatic N) is 2. The summed E-state index contributed by atoms with van der Waals surface area (Å²) >= 11 is 0. The number of hydrogen-bond donors (Lipinski definition) is 1. The molecule has 1 saturated heterocycles. The summed E-state index contributed by atoms with van der Waals surface area (Å²) in [4.78, 5) is 6.38. The minimum absolute atomic E-state index is 0.671. The minimum Gasteiger partial charge on any atom is -0.307 e. The summed E-state index contributed by atoms with van der Waals surface area (Å²) in [5.74, 6) is 0. The van der Waals surface area contributed by atoms with Crippen LogP contribution in [0.25, 0.3) is 0 Å². The second-order valence-corrected chi connectivity index (χ2v) is 3.66. The van der Waals surface area contributed by atoms with Crippen LogP contribution in [0.2, 0.25) is 0 Å². The Hall–Kier alpha value is -0.930. The van der Waals surface area contributed by atoms with Gasteiger partial charge in [0.25, 0.3) is 0 Å². The van der Waals surface area contributed by atoms with Crippen molar-refractivity contribution in [1.29, 1.82) is 0 Å². The Bertz CT molecular complexity index is 254. The number of nitrogens with one attached hydrogen (secondary N) is 1. The van der Waals surface area contributed by atoms with E-state index in [1.165, 1.54) is 18.7 Å². The molecule has 13 heavy (non-hydrogen) atoms. The van der Waals surface area contributed by atoms with Crippen LogP contribution in [0.4, 0.5) is 0 Å². The summed E-state index contributed by atoms with van der Waals surface area (Å²) in [7, 11) is 2.14. The Morgan fingerprint density at radius 2 is 2.46 bits per heavy atom. The third kappa shape index (κ3) is 2.26. The molecule has 0 spiro atoms. The van der Waals surface area contributed by atoms with E-state index < -0.39 is 0 Å². The number of hydrogen-bond acceptors (Lipinski definition) is 3. The fourth-order valence-electron chi connectivity index (χ4n) is 1.59. The molecular formula is C10H15N3. The zero-order chi connectivity index (χ0) is 9.10. The predicted octanol–water partition coefficient (Wildman–Crippen LogP) is 0.485. The Morgan fingerprint density at radius 3 is 3.08 bits per heavy atom. The minimum atomic E-state index is 0.671. The van der Waals surface area contributed by atoms with Gasteiger partial charge < -0.3 is 10.2 Å². The molecule has 1 N–H and O–H groups in total. The van der Waals surface area contributed by atoms with Crippen LogP contribution in [0, 0.1) is 0 Å². The lowest BCUT2D eigenvalue weighted by Gasteiger charge is -2.36. The van der Waals surface area contributed by atoms with Crippen molar-refractivity contribution < 1.29 is 0 Å². The number of pyridine rings is 1. The Labute approximate surface area is 78.8 Å². The van der Waals surface area contributed by atoms with Gasteiger partial charge in [0.15, 0.2) is 0 Å². The average molecular weight is 177 g/mol. The molecule has 0 radical (unpaired) electrons. The number of likely N-dealkylation sites (tertiary alicyclic amines) is 1. The van der Waals surface area contributed by atoms with Crippen molar-refractivity contribution in [2.75, 3.05) is 20.1 Å². The van der Waals surface area contributed by atoms with Crippen molar-refractivity contribution in [2.45, 2.75) is 12.6 Å². The zero-order valence-electron chi connectivity index (χ0n) is 7.90. The summed E-state index contributed by atoms with van der Waals surface area (Å²) in [6.07, 6.45) is 3.72. The van der Waals surface area contributed by atoms with Crippen LogP contribution in [0.1, 0.15) is 5.56 Å². The van der Waals surface area contributed by atoms with Crippen molar-refractivity contribution in [3.05, 3.63) is 30.1 Å². The van der Waals surface area contributed by atoms with Gasteiger partial charge in [0.1, 0.15) is 0 Å². The highest BCUT2D eigenvalue weighted by atomic mass is 15.2. The van der Waals surface area contributed by atoms with Crippen molar-refractivity contribution in [1.82, 2.24) is 15.2 Å². The number of rotatable bonds is 3. The maximum atomic E-state index is 4.07. The first-order valence-electron chi connectivity index (χ1n) is 4.65. The lowest BCUT2D eigenvalue weighted by atomic mass is 10.1. The van der Waals surface area contributed by atoms with E-state index in [9.17, 15) is 0 Å². The molecule has 0 aliphatic carbocycles. The van der Waals surface area contributed by atoms with Crippen LogP contribution in [-0.2, 0) is 6.54 Å². The van der Waals surface area contributed by atoms with E-state index in [4.69, 9.17) is 0 Å². The van der Waals surface area contributed by atoms with Crippen molar-refractivity contribution in [3.63, 3.8) is 0 Å². The highest BCUT2D eigenvalue weighted by Gasteiger charge is 2.21. The molecule has 1 aromatic heterocycles. The molecule has 0 atom stereocenters. The van der Waals surface area contributed by atoms with Crippen molar-refractivity contribution >= 4 is 0 Å². The quantitative estimate of drug-likeness (QED) is 0.728. The summed E-state index contributed by atoms with van der Waals surface area (Å²) in [6, 6.07) is 4.75. The summed E-state index contributed by atoms with van der Waals surface area (Å²) in [5.41, 5.74) is 1.26. The zero-order valence-corrected chi connectivity index (χ0v) is 7.90. The predicted molar refractivity (Wildman–Crippen MR) is 52.4 cm³/mol. The SMILES string of the molecule is CN1CC(NCc2cccnc2)C1. The lowest BCUT2D eigenvalue weighted by molar-refractivity contribution is 0.161. The maximum absolute atomic E-state index is 4.07. The Balaban J connectivity index is 1.74. The topological polar surface area (TPSA) is 28.2 Å². The lowest BCUT2D eigenvalue weighted by Crippen LogP contribution is -2.55. The van der Waals surface area contributed by atoms with Crippen molar-refractivity contribution in [2.24, 2.45) is 0 Å². The molecule has 3 nitrogen and oxygen atoms in total. The standard InChI is InChI=1S/C10H15N3/c1-13-7-10(8-13)12-6-9-3-2-4-11-5-9/h2-5,10,12H,6-8H2,1H3. The van der Waals surface area contributed by atoms with Gasteiger partial charge in [0.05, 0.1) is 0 Å². The molecule has 70 valence electrons. The van der Waals surface area contributed by atoms with Crippen LogP contribution in [0.3, 0.4) is 0 Å². The molecule has 0 aromatic carbocycles. The molecular weight excluding hydrogens is 162 g/mol. The highest BCUT2D eigenvalue weighted by Crippen LogP contribution is 2.04. The smallest absolute Gasteiger partial charge is 0.0325 e. The molecule has 1 fully saturated rings. The molecule has 0 amide bonds. The van der Waals surface area contributed by atoms with Gasteiger partial charge in [-0.1, -0.05) is 6.07 Å². The van der Waals surface area contributed by atoms with Gasteiger partial charge in [-0.3, -0.25) is 4.98 Å². The third-order valence-corrected chi connectivity index (χ3v) is 2.38. The van der Waals surface area contributed by atoms with Gasteiger partial charge in [0.2, 0.25) is 0 Å². The van der Waals surface area contributed by atoms with Gasteiger partial charge in [-0.15, -0.1) is 0 Å². The first-order chi connectivity index (χ1) is 6.34. The van der Waals surface area contributed by atoms with Crippen molar-refractivity contribution in [3.8, 4) is 0 Å². The fraction of sp³-hybridized carbons (Fsp3) is 0.500. The van der Waals surface area contributed by atoms with E-state index in [1.807, 2.05) is 12.3 Å². The first-order valence-corrected chi connectivity index (χ1v) is 4.65. The van der Waals surface area contributed by atoms with Crippen LogP contribution < -0.4 is 5.32 Å². The summed E-state index contributed by atoms with van der Waals surface area (Å²) in [6.45, 7) is 3.27. The molecule has 1 aliphatic heterocycles. The third-order valence-electron chi connectivity index (χ3n) is 2.38. The molecule has 0 unspecified atom stereocenters. The maximum Gasteiger partial charge on any atom is 0.0325 e. The van der Waals surface area contributed by atoms with Gasteiger partial charge in [-0.2, -0.15) is 0 Å². The number of aromatic nitrogens is 1. The van der Waals surface area contributed by atoms with Gasteiger partial charge in [-0.05, 0) is 18.7 Å². The Kier molecular flexibility index (Phi) is 2.57. The first kappa shape index (κ1) is 8.66. The largest absolute Gasteiger partial charge is 0.307 e. The van der Waals surface area contributed by atoms with Crippen LogP contribution in [0.5, 0.6) is 0 Å². The normalized spacial score (nSPS) is 18.5. The van der Waals surface area contributed by atoms with E-state index >= 15 is 0 Å². The Morgan fingerprint density at radius 1 is 1.62 bits per heavy atom. The van der Waals surface area contributed by atoms with E-state index in [2.05, 4.69) is 28.3 Å². The van der Waals surface area contributed by atoms with Gasteiger partial charge in [-0.25, -0.2) is 0 Å². The molecule has 3 heteroatoms. The average Bonchev–Trinajstić information content (AvgIpc) is 2.12. The molecule has 2 rings (SSSR count). The van der Waals surface area contributed by atoms with Crippen LogP contribution >= 0.6 is 0 Å². The monoisotopic (exact) mass is 177 g/mol.